The van der Waals surface area contributed by atoms with E-state index in [0.29, 0.717) is 12.4 Å². The molecule has 0 unspecified atom stereocenters. The number of ether oxygens (including phenoxy) is 2. The van der Waals surface area contributed by atoms with E-state index in [1.165, 1.54) is 11.1 Å². The van der Waals surface area contributed by atoms with E-state index in [1.807, 2.05) is 30.6 Å². The van der Waals surface area contributed by atoms with Gasteiger partial charge >= 0.3 is 0 Å². The Morgan fingerprint density at radius 1 is 0.931 bits per heavy atom. The zero-order chi connectivity index (χ0) is 19.6. The molecular formula is C23H22N4O2. The number of rotatable bonds is 4. The van der Waals surface area contributed by atoms with Crippen molar-refractivity contribution in [2.45, 2.75) is 6.54 Å². The molecule has 6 nitrogen and oxygen atoms in total. The summed E-state index contributed by atoms with van der Waals surface area (Å²) in [4.78, 5) is 16.0. The Bertz CT molecular complexity index is 1060. The van der Waals surface area contributed by atoms with E-state index < -0.39 is 0 Å². The third-order valence-electron chi connectivity index (χ3n) is 5.41. The zero-order valence-electron chi connectivity index (χ0n) is 16.3. The van der Waals surface area contributed by atoms with Gasteiger partial charge in [0.15, 0.2) is 0 Å². The maximum atomic E-state index is 5.46. The van der Waals surface area contributed by atoms with Gasteiger partial charge in [0.25, 0.3) is 0 Å². The molecule has 29 heavy (non-hydrogen) atoms. The number of methoxy groups -OCH3 is 1. The Morgan fingerprint density at radius 3 is 2.59 bits per heavy atom. The average molecular weight is 386 g/mol. The first kappa shape index (κ1) is 17.8. The van der Waals surface area contributed by atoms with Crippen LogP contribution >= 0.6 is 0 Å². The molecule has 1 aromatic carbocycles. The molecule has 0 bridgehead atoms. The normalized spacial score (nSPS) is 15.8. The number of hydrogen-bond donors (Lipinski definition) is 0. The van der Waals surface area contributed by atoms with Gasteiger partial charge in [-0.25, -0.2) is 9.97 Å². The van der Waals surface area contributed by atoms with Crippen molar-refractivity contribution >= 4 is 11.5 Å². The molecule has 4 heterocycles. The second-order valence-electron chi connectivity index (χ2n) is 7.13. The molecule has 2 aliphatic rings. The Kier molecular flexibility index (Phi) is 4.69. The van der Waals surface area contributed by atoms with Crippen molar-refractivity contribution < 1.29 is 9.47 Å². The molecule has 0 N–H and O–H groups in total. The lowest BCUT2D eigenvalue weighted by atomic mass is 9.96. The Morgan fingerprint density at radius 2 is 1.79 bits per heavy atom. The molecule has 0 saturated carbocycles. The molecular weight excluding hydrogens is 364 g/mol. The molecule has 0 aliphatic carbocycles. The van der Waals surface area contributed by atoms with E-state index in [2.05, 4.69) is 39.1 Å². The highest BCUT2D eigenvalue weighted by Crippen LogP contribution is 2.29. The van der Waals surface area contributed by atoms with Gasteiger partial charge in [0, 0.05) is 48.2 Å². The number of anilines is 1. The van der Waals surface area contributed by atoms with Crippen molar-refractivity contribution in [3.63, 3.8) is 0 Å². The largest absolute Gasteiger partial charge is 0.481 e. The van der Waals surface area contributed by atoms with Crippen LogP contribution in [-0.4, -0.2) is 49.1 Å². The van der Waals surface area contributed by atoms with E-state index in [4.69, 9.17) is 14.5 Å². The van der Waals surface area contributed by atoms with Crippen molar-refractivity contribution in [1.29, 1.82) is 0 Å². The summed E-state index contributed by atoms with van der Waals surface area (Å²) in [5.41, 5.74) is 6.73. The van der Waals surface area contributed by atoms with Gasteiger partial charge in [-0.1, -0.05) is 12.1 Å². The Balaban J connectivity index is 1.47. The van der Waals surface area contributed by atoms with Gasteiger partial charge in [0.2, 0.25) is 5.88 Å². The van der Waals surface area contributed by atoms with E-state index in [0.717, 1.165) is 54.5 Å². The minimum atomic E-state index is 0.615. The summed E-state index contributed by atoms with van der Waals surface area (Å²) in [6.45, 7) is 3.94. The molecule has 1 fully saturated rings. The van der Waals surface area contributed by atoms with Crippen LogP contribution in [-0.2, 0) is 11.3 Å². The fraction of sp³-hybridized carbons (Fsp3) is 0.261. The second kappa shape index (κ2) is 7.64. The molecule has 6 heteroatoms. The monoisotopic (exact) mass is 386 g/mol. The van der Waals surface area contributed by atoms with Gasteiger partial charge in [-0.15, -0.1) is 0 Å². The van der Waals surface area contributed by atoms with Crippen LogP contribution in [0, 0.1) is 0 Å². The van der Waals surface area contributed by atoms with Crippen LogP contribution < -0.4 is 9.64 Å². The lowest BCUT2D eigenvalue weighted by Gasteiger charge is -2.28. The number of pyridine rings is 2. The van der Waals surface area contributed by atoms with Crippen molar-refractivity contribution in [1.82, 2.24) is 9.97 Å². The van der Waals surface area contributed by atoms with Crippen LogP contribution in [0.25, 0.3) is 11.1 Å². The molecule has 2 aromatic heterocycles. The maximum Gasteiger partial charge on any atom is 0.212 e. The standard InChI is InChI=1S/C23H22N4O2/c1-28-22-5-4-18(14-25-22)16-2-3-19-15-26-23(20(19)12-16)17-6-7-24-21(13-17)27-8-10-29-11-9-27/h2-7,12-14H,8-11,15H2,1H3. The van der Waals surface area contributed by atoms with E-state index >= 15 is 0 Å². The molecule has 0 amide bonds. The minimum Gasteiger partial charge on any atom is -0.481 e. The smallest absolute Gasteiger partial charge is 0.212 e. The second-order valence-corrected chi connectivity index (χ2v) is 7.13. The van der Waals surface area contributed by atoms with E-state index in [9.17, 15) is 0 Å². The molecule has 5 rings (SSSR count). The highest BCUT2D eigenvalue weighted by atomic mass is 16.5. The van der Waals surface area contributed by atoms with Gasteiger partial charge in [-0.2, -0.15) is 0 Å². The van der Waals surface area contributed by atoms with Gasteiger partial charge in [-0.05, 0) is 35.4 Å². The topological polar surface area (TPSA) is 59.8 Å². The van der Waals surface area contributed by atoms with Crippen LogP contribution in [0.1, 0.15) is 16.7 Å². The van der Waals surface area contributed by atoms with Gasteiger partial charge in [0.1, 0.15) is 5.82 Å². The summed E-state index contributed by atoms with van der Waals surface area (Å²) in [6, 6.07) is 14.6. The lowest BCUT2D eigenvalue weighted by molar-refractivity contribution is 0.122. The number of nitrogens with zero attached hydrogens (tertiary/aromatic N) is 4. The van der Waals surface area contributed by atoms with Gasteiger partial charge in [-0.3, -0.25) is 4.99 Å². The van der Waals surface area contributed by atoms with Gasteiger partial charge < -0.3 is 14.4 Å². The van der Waals surface area contributed by atoms with E-state index in [-0.39, 0.29) is 0 Å². The summed E-state index contributed by atoms with van der Waals surface area (Å²) >= 11 is 0. The first-order valence-corrected chi connectivity index (χ1v) is 9.79. The number of aromatic nitrogens is 2. The molecule has 146 valence electrons. The Hall–Kier alpha value is -3.25. The number of hydrogen-bond acceptors (Lipinski definition) is 6. The molecule has 0 spiro atoms. The zero-order valence-corrected chi connectivity index (χ0v) is 16.3. The lowest BCUT2D eigenvalue weighted by Crippen LogP contribution is -2.36. The first-order valence-electron chi connectivity index (χ1n) is 9.79. The highest BCUT2D eigenvalue weighted by Gasteiger charge is 2.20. The maximum absolute atomic E-state index is 5.46. The summed E-state index contributed by atoms with van der Waals surface area (Å²) < 4.78 is 10.6. The van der Waals surface area contributed by atoms with Crippen LogP contribution in [0.2, 0.25) is 0 Å². The molecule has 2 aliphatic heterocycles. The quantitative estimate of drug-likeness (QED) is 0.688. The SMILES string of the molecule is COc1ccc(-c2ccc3c(c2)C(c2ccnc(N4CCOCC4)c2)=NC3)cn1. The van der Waals surface area contributed by atoms with Crippen molar-refractivity contribution in [2.75, 3.05) is 38.3 Å². The predicted molar refractivity (Wildman–Crippen MR) is 113 cm³/mol. The third-order valence-corrected chi connectivity index (χ3v) is 5.41. The summed E-state index contributed by atoms with van der Waals surface area (Å²) in [5.74, 6) is 1.60. The van der Waals surface area contributed by atoms with Crippen LogP contribution in [0.4, 0.5) is 5.82 Å². The molecule has 1 saturated heterocycles. The van der Waals surface area contributed by atoms with E-state index in [1.54, 1.807) is 7.11 Å². The summed E-state index contributed by atoms with van der Waals surface area (Å²) in [6.07, 6.45) is 3.72. The summed E-state index contributed by atoms with van der Waals surface area (Å²) in [7, 11) is 1.63. The molecule has 0 radical (unpaired) electrons. The summed E-state index contributed by atoms with van der Waals surface area (Å²) in [5, 5.41) is 0. The van der Waals surface area contributed by atoms with Crippen LogP contribution in [0.3, 0.4) is 0 Å². The number of morpholine rings is 1. The third kappa shape index (κ3) is 3.47. The average Bonchev–Trinajstić information content (AvgIpc) is 3.23. The molecule has 0 atom stereocenters. The van der Waals surface area contributed by atoms with Gasteiger partial charge in [0.05, 0.1) is 32.6 Å². The number of benzene rings is 1. The minimum absolute atomic E-state index is 0.615. The fourth-order valence-corrected chi connectivity index (χ4v) is 3.81. The molecule has 3 aromatic rings. The van der Waals surface area contributed by atoms with Crippen molar-refractivity contribution in [2.24, 2.45) is 4.99 Å². The van der Waals surface area contributed by atoms with Crippen molar-refractivity contribution in [3.05, 3.63) is 71.5 Å². The predicted octanol–water partition coefficient (Wildman–Crippen LogP) is 3.34. The fourth-order valence-electron chi connectivity index (χ4n) is 3.81. The number of aliphatic imine (C=N–C) groups is 1. The Labute approximate surface area is 169 Å². The van der Waals surface area contributed by atoms with Crippen molar-refractivity contribution in [3.8, 4) is 17.0 Å². The highest BCUT2D eigenvalue weighted by molar-refractivity contribution is 6.15. The van der Waals surface area contributed by atoms with Crippen LogP contribution in [0.15, 0.2) is 59.9 Å². The first-order chi connectivity index (χ1) is 14.3. The van der Waals surface area contributed by atoms with Crippen LogP contribution in [0.5, 0.6) is 5.88 Å². The number of fused-ring (bicyclic) bond motifs is 1.